The van der Waals surface area contributed by atoms with Crippen LogP contribution in [-0.4, -0.2) is 71.4 Å². The predicted octanol–water partition coefficient (Wildman–Crippen LogP) is 7.81. The van der Waals surface area contributed by atoms with Gasteiger partial charge in [0, 0.05) is 47.4 Å². The van der Waals surface area contributed by atoms with Crippen molar-refractivity contribution in [2.24, 2.45) is 17.3 Å². The van der Waals surface area contributed by atoms with E-state index in [0.29, 0.717) is 65.4 Å². The average Bonchev–Trinajstić information content (AvgIpc) is 3.94. The number of pyridine rings is 1. The second kappa shape index (κ2) is 16.1. The van der Waals surface area contributed by atoms with Crippen LogP contribution in [-0.2, 0) is 30.8 Å². The largest absolute Gasteiger partial charge is 0.496 e. The van der Waals surface area contributed by atoms with Gasteiger partial charge >= 0.3 is 0 Å². The number of amides is 2. The third-order valence-corrected chi connectivity index (χ3v) is 15.8. The number of hydrogen-bond acceptors (Lipinski definition) is 10. The number of nitrogens with zero attached hydrogens (tertiary/aromatic N) is 3. The maximum Gasteiger partial charge on any atom is 0.240 e. The smallest absolute Gasteiger partial charge is 0.240 e. The van der Waals surface area contributed by atoms with E-state index in [-0.39, 0.29) is 42.8 Å². The molecule has 2 aromatic heterocycles. The molecular formula is C45H51FN4O7S2. The van der Waals surface area contributed by atoms with Crippen LogP contribution in [0.2, 0.25) is 0 Å². The first-order chi connectivity index (χ1) is 28.2. The number of sulfonamides is 1. The number of halogens is 1. The molecule has 2 aromatic carbocycles. The van der Waals surface area contributed by atoms with Crippen LogP contribution in [0.15, 0.2) is 60.1 Å². The number of ketones is 1. The number of aromatic nitrogens is 2. The molecule has 2 aliphatic heterocycles. The number of nitrogens with one attached hydrogen (secondary N) is 1. The van der Waals surface area contributed by atoms with Crippen LogP contribution in [0.4, 0.5) is 4.39 Å². The fourth-order valence-electron chi connectivity index (χ4n) is 8.97. The van der Waals surface area contributed by atoms with Gasteiger partial charge in [-0.25, -0.2) is 22.8 Å². The summed E-state index contributed by atoms with van der Waals surface area (Å²) in [6, 6.07) is 9.46. The number of fused-ring (bicyclic) bond motifs is 3. The number of hydrogen-bond donors (Lipinski definition) is 1. The first-order valence-corrected chi connectivity index (χ1v) is 22.9. The maximum atomic E-state index is 15.0. The molecule has 3 fully saturated rings. The molecule has 0 radical (unpaired) electrons. The highest BCUT2D eigenvalue weighted by molar-refractivity contribution is 7.91. The minimum atomic E-state index is -3.95. The lowest BCUT2D eigenvalue weighted by Crippen LogP contribution is -2.47. The minimum Gasteiger partial charge on any atom is -0.496 e. The molecule has 0 bridgehead atoms. The number of aryl methyl sites for hydroxylation is 2. The Balaban J connectivity index is 1.15. The Labute approximate surface area is 348 Å². The standard InChI is InChI=1S/C45H51FN4O7S2/c1-27-18-29(21-32(46)19-27)20-30-10-8-6-5-7-9-11-31-24-45(31,43(53)49-59(54,55)44(3)14-15-44)25-37(51)36-22-33(26-50(36)42(30)52)57-39-23-35(41-47-16-17-58-41)48-40-28(2)38(56-4)13-12-34(39)40/h9,11-13,16-19,21,23,30-31,33,36H,5-8,10,14-15,20,22,24-26H2,1-4H3,(H,49,53)/b11-9-/t30-,31-,33-,36+,45-/m1/s1. The summed E-state index contributed by atoms with van der Waals surface area (Å²) in [5.41, 5.74) is 2.32. The average molecular weight is 843 g/mol. The normalized spacial score (nSPS) is 26.3. The lowest BCUT2D eigenvalue weighted by molar-refractivity contribution is -0.142. The van der Waals surface area contributed by atoms with E-state index in [9.17, 15) is 27.2 Å². The summed E-state index contributed by atoms with van der Waals surface area (Å²) < 4.78 is 55.0. The molecule has 2 amide bonds. The zero-order valence-corrected chi connectivity index (χ0v) is 35.6. The zero-order valence-electron chi connectivity index (χ0n) is 34.0. The quantitative estimate of drug-likeness (QED) is 0.167. The maximum absolute atomic E-state index is 15.0. The van der Waals surface area contributed by atoms with Gasteiger partial charge < -0.3 is 14.4 Å². The summed E-state index contributed by atoms with van der Waals surface area (Å²) in [5, 5.41) is 3.31. The van der Waals surface area contributed by atoms with Crippen molar-refractivity contribution >= 4 is 49.9 Å². The summed E-state index contributed by atoms with van der Waals surface area (Å²) in [7, 11) is -2.35. The van der Waals surface area contributed by atoms with Gasteiger partial charge in [0.1, 0.15) is 34.1 Å². The highest BCUT2D eigenvalue weighted by Gasteiger charge is 2.62. The van der Waals surface area contributed by atoms with Gasteiger partial charge in [0.2, 0.25) is 21.8 Å². The Morgan fingerprint density at radius 1 is 1.08 bits per heavy atom. The van der Waals surface area contributed by atoms with E-state index in [1.54, 1.807) is 25.1 Å². The number of carbonyl (C=O) groups is 3. The van der Waals surface area contributed by atoms with Crippen molar-refractivity contribution in [3.05, 3.63) is 82.6 Å². The fraction of sp³-hybridized carbons (Fsp3) is 0.489. The van der Waals surface area contributed by atoms with Crippen molar-refractivity contribution in [2.45, 2.75) is 108 Å². The summed E-state index contributed by atoms with van der Waals surface area (Å²) in [5.74, 6) is -1.22. The number of carbonyl (C=O) groups excluding carboxylic acids is 3. The zero-order chi connectivity index (χ0) is 41.7. The van der Waals surface area contributed by atoms with Crippen LogP contribution in [0.25, 0.3) is 21.6 Å². The molecule has 1 saturated heterocycles. The van der Waals surface area contributed by atoms with Gasteiger partial charge in [0.15, 0.2) is 5.78 Å². The molecule has 11 nitrogen and oxygen atoms in total. The molecule has 0 spiro atoms. The number of methoxy groups -OCH3 is 1. The van der Waals surface area contributed by atoms with E-state index in [0.717, 1.165) is 42.2 Å². The number of thiazole rings is 1. The first kappa shape index (κ1) is 41.1. The van der Waals surface area contributed by atoms with Crippen LogP contribution in [0, 0.1) is 36.9 Å². The minimum absolute atomic E-state index is 0.106. The number of ether oxygens (including phenoxy) is 2. The summed E-state index contributed by atoms with van der Waals surface area (Å²) >= 11 is 1.44. The lowest BCUT2D eigenvalue weighted by Gasteiger charge is -2.29. The van der Waals surface area contributed by atoms with E-state index >= 15 is 0 Å². The molecule has 1 N–H and O–H groups in total. The molecule has 4 aromatic rings. The molecule has 312 valence electrons. The Hall–Kier alpha value is -4.69. The van der Waals surface area contributed by atoms with Gasteiger partial charge in [-0.15, -0.1) is 11.3 Å². The SMILES string of the molecule is COc1ccc2c(O[C@@H]3C[C@H]4C(=O)C[C@]5(C(=O)NS(=O)(=O)C6(C)CC6)C[C@H]5/C=C\CCCCC[C@H](Cc5cc(C)cc(F)c5)C(=O)N4C3)cc(-c3nccs3)nc2c1C. The molecule has 2 aliphatic carbocycles. The van der Waals surface area contributed by atoms with Crippen LogP contribution in [0.5, 0.6) is 11.5 Å². The topological polar surface area (TPSA) is 145 Å². The van der Waals surface area contributed by atoms with Crippen molar-refractivity contribution < 1.29 is 36.7 Å². The van der Waals surface area contributed by atoms with Gasteiger partial charge in [-0.1, -0.05) is 31.1 Å². The molecule has 59 heavy (non-hydrogen) atoms. The first-order valence-electron chi connectivity index (χ1n) is 20.6. The van der Waals surface area contributed by atoms with E-state index in [2.05, 4.69) is 9.71 Å². The Morgan fingerprint density at radius 3 is 2.63 bits per heavy atom. The monoisotopic (exact) mass is 842 g/mol. The van der Waals surface area contributed by atoms with E-state index in [4.69, 9.17) is 14.5 Å². The van der Waals surface area contributed by atoms with Gasteiger partial charge in [0.25, 0.3) is 0 Å². The van der Waals surface area contributed by atoms with Gasteiger partial charge in [0.05, 0.1) is 35.4 Å². The van der Waals surface area contributed by atoms with Crippen LogP contribution < -0.4 is 14.2 Å². The Morgan fingerprint density at radius 2 is 1.90 bits per heavy atom. The van der Waals surface area contributed by atoms with Crippen LogP contribution in [0.3, 0.4) is 0 Å². The molecular weight excluding hydrogens is 792 g/mol. The Bertz CT molecular complexity index is 2410. The van der Waals surface area contributed by atoms with Gasteiger partial charge in [-0.05, 0) is 107 Å². The molecule has 8 rings (SSSR count). The number of rotatable bonds is 9. The third-order valence-electron chi connectivity index (χ3n) is 12.9. The van der Waals surface area contributed by atoms with Crippen molar-refractivity contribution in [1.29, 1.82) is 0 Å². The van der Waals surface area contributed by atoms with E-state index < -0.39 is 44.2 Å². The predicted molar refractivity (Wildman–Crippen MR) is 224 cm³/mol. The Kier molecular flexibility index (Phi) is 11.2. The molecule has 0 unspecified atom stereocenters. The second-order valence-electron chi connectivity index (χ2n) is 17.2. The van der Waals surface area contributed by atoms with Crippen molar-refractivity contribution in [3.63, 3.8) is 0 Å². The molecule has 4 aliphatic rings. The van der Waals surface area contributed by atoms with Crippen molar-refractivity contribution in [2.75, 3.05) is 13.7 Å². The molecule has 4 heterocycles. The van der Waals surface area contributed by atoms with E-state index in [1.165, 1.54) is 23.5 Å². The van der Waals surface area contributed by atoms with E-state index in [1.807, 2.05) is 55.6 Å². The van der Waals surface area contributed by atoms with Crippen LogP contribution >= 0.6 is 11.3 Å². The lowest BCUT2D eigenvalue weighted by atomic mass is 9.89. The highest BCUT2D eigenvalue weighted by atomic mass is 32.2. The van der Waals surface area contributed by atoms with Crippen molar-refractivity contribution in [3.8, 4) is 22.2 Å². The summed E-state index contributed by atoms with van der Waals surface area (Å²) in [4.78, 5) is 54.9. The summed E-state index contributed by atoms with van der Waals surface area (Å²) in [6.07, 6.45) is 10.4. The van der Waals surface area contributed by atoms with Gasteiger partial charge in [-0.3, -0.25) is 19.1 Å². The molecule has 2 saturated carbocycles. The highest BCUT2D eigenvalue weighted by Crippen LogP contribution is 2.57. The van der Waals surface area contributed by atoms with Crippen molar-refractivity contribution in [1.82, 2.24) is 19.6 Å². The fourth-order valence-corrected chi connectivity index (χ4v) is 10.9. The molecule has 14 heteroatoms. The van der Waals surface area contributed by atoms with Gasteiger partial charge in [-0.2, -0.15) is 0 Å². The number of allylic oxidation sites excluding steroid dienone is 2. The second-order valence-corrected chi connectivity index (χ2v) is 20.3. The van der Waals surface area contributed by atoms with Crippen LogP contribution in [0.1, 0.15) is 87.8 Å². The number of Topliss-reactive ketones (excluding diaryl/α,β-unsaturated/α-hetero) is 1. The molecule has 5 atom stereocenters. The third kappa shape index (κ3) is 8.27. The number of benzene rings is 2. The summed E-state index contributed by atoms with van der Waals surface area (Å²) in [6.45, 7) is 5.48.